The number of thiophene rings is 3. The predicted octanol–water partition coefficient (Wildman–Crippen LogP) is 31.9. The average molecular weight is 2270 g/mol. The second-order valence-corrected chi connectivity index (χ2v) is 34.8. The van der Waals surface area contributed by atoms with Gasteiger partial charge in [0.15, 0.2) is 17.3 Å². The summed E-state index contributed by atoms with van der Waals surface area (Å²) in [5.74, 6) is 1.43. The van der Waals surface area contributed by atoms with Crippen LogP contribution in [-0.2, 0) is 74.7 Å². The minimum absolute atomic E-state index is 0. The fourth-order valence-electron chi connectivity index (χ4n) is 15.2. The summed E-state index contributed by atoms with van der Waals surface area (Å²) in [6, 6.07) is 70.1. The van der Waals surface area contributed by atoms with Crippen LogP contribution in [0.15, 0.2) is 230 Å². The summed E-state index contributed by atoms with van der Waals surface area (Å²) in [5, 5.41) is 32.8. The van der Waals surface area contributed by atoms with Gasteiger partial charge in [0.2, 0.25) is 0 Å². The van der Waals surface area contributed by atoms with Crippen molar-refractivity contribution >= 4 is 81.6 Å². The van der Waals surface area contributed by atoms with E-state index < -0.39 is 0 Å². The Labute approximate surface area is 797 Å². The number of hydrogen-bond donors (Lipinski definition) is 3. The van der Waals surface area contributed by atoms with Crippen LogP contribution in [0.5, 0.6) is 0 Å². The van der Waals surface area contributed by atoms with E-state index in [0.717, 1.165) is 143 Å². The summed E-state index contributed by atoms with van der Waals surface area (Å²) < 4.78 is 16.8. The molecule has 0 amide bonds. The van der Waals surface area contributed by atoms with Gasteiger partial charge in [0.1, 0.15) is 5.82 Å². The van der Waals surface area contributed by atoms with Crippen molar-refractivity contribution in [1.82, 2.24) is 15.0 Å². The zero-order chi connectivity index (χ0) is 88.7. The van der Waals surface area contributed by atoms with Crippen molar-refractivity contribution in [3.8, 4) is 76.2 Å². The van der Waals surface area contributed by atoms with Crippen molar-refractivity contribution in [2.45, 2.75) is 209 Å². The molecule has 6 aromatic heterocycles. The second kappa shape index (κ2) is 53.9. The van der Waals surface area contributed by atoms with Crippen molar-refractivity contribution in [2.75, 3.05) is 0 Å². The molecule has 0 bridgehead atoms. The first kappa shape index (κ1) is 107. The number of halogens is 1. The van der Waals surface area contributed by atoms with E-state index in [4.69, 9.17) is 9.97 Å². The van der Waals surface area contributed by atoms with Gasteiger partial charge < -0.3 is 30.3 Å². The molecule has 3 N–H and O–H groups in total. The molecule has 3 radical (unpaired) electrons. The van der Waals surface area contributed by atoms with Crippen LogP contribution in [0, 0.1) is 108 Å². The van der Waals surface area contributed by atoms with Gasteiger partial charge in [-0.2, -0.15) is 0 Å². The number of fused-ring (bicyclic) bond motifs is 3. The van der Waals surface area contributed by atoms with Crippen molar-refractivity contribution in [3.63, 3.8) is 0 Å². The molecule has 0 spiro atoms. The number of pyridine rings is 3. The third-order valence-corrected chi connectivity index (χ3v) is 26.2. The standard InChI is InChI=1S/C27H20NS.C22H18NS.C21H15FNS.3C13H24O2.3Ir/c1-18-13-19(2)15-22(14-18)24-16-25-23(17-28-24)26(20-9-5-3-6-10-20)27(29-25)21-11-7-4-8-12-21;1-14-9-15(2)11-18(10-14)20-12-21-19(13-23-20)16(3)22(24-21)17-7-5-4-6-8-17;1-13-7-14(2)9-16(8-13)19-11-21-17(12-23-19)10-20(24-21)15-3-5-18(22)6-4-15;3*1-5-10(6-2)12(14)9-13(15)11(7-3)8-4;;;/h3-14,16-17H,1-2H3;4-10,12-13H,1-3H3;3-8,10-12H,1-2H3;3*9-11,14H,5-8H2,1-4H3;;;/q3*-1;;;;;;. The molecule has 125 heavy (non-hydrogen) atoms. The van der Waals surface area contributed by atoms with Crippen molar-refractivity contribution in [3.05, 3.63) is 293 Å². The van der Waals surface area contributed by atoms with Crippen LogP contribution in [0.2, 0.25) is 0 Å². The Hall–Kier alpha value is -8.62. The Kier molecular flexibility index (Phi) is 46.1. The van der Waals surface area contributed by atoms with E-state index in [1.54, 1.807) is 11.3 Å². The number of aryl methyl sites for hydroxylation is 7. The first-order chi connectivity index (χ1) is 58.7. The molecule has 0 aliphatic rings. The van der Waals surface area contributed by atoms with Crippen LogP contribution >= 0.6 is 34.0 Å². The molecule has 0 fully saturated rings. The maximum atomic E-state index is 13.1. The molecule has 0 atom stereocenters. The molecule has 0 aliphatic heterocycles. The summed E-state index contributed by atoms with van der Waals surface area (Å²) in [4.78, 5) is 53.0. The number of nitrogens with zero attached hydrogens (tertiary/aromatic N) is 3. The van der Waals surface area contributed by atoms with Gasteiger partial charge in [-0.15, -0.1) is 139 Å². The molecule has 6 heterocycles. The fraction of sp³-hybridized carbons (Fsp3) is 0.339. The summed E-state index contributed by atoms with van der Waals surface area (Å²) in [6.45, 7) is 38.9. The Morgan fingerprint density at radius 2 is 0.664 bits per heavy atom. The van der Waals surface area contributed by atoms with Crippen LogP contribution < -0.4 is 0 Å². The van der Waals surface area contributed by atoms with Gasteiger partial charge in [-0.25, -0.2) is 4.39 Å². The molecule has 0 unspecified atom stereocenters. The Morgan fingerprint density at radius 1 is 0.352 bits per heavy atom. The van der Waals surface area contributed by atoms with Crippen LogP contribution in [0.3, 0.4) is 0 Å². The number of aromatic nitrogens is 3. The largest absolute Gasteiger partial charge is 0.512 e. The molecule has 0 aliphatic carbocycles. The maximum Gasteiger partial charge on any atom is 0.162 e. The van der Waals surface area contributed by atoms with Gasteiger partial charge in [-0.3, -0.25) is 14.4 Å². The third-order valence-electron chi connectivity index (χ3n) is 22.6. The van der Waals surface area contributed by atoms with Crippen LogP contribution in [0.1, 0.15) is 199 Å². The number of aliphatic hydroxyl groups is 3. The second-order valence-electron chi connectivity index (χ2n) is 31.6. The van der Waals surface area contributed by atoms with Gasteiger partial charge in [0.25, 0.3) is 0 Å². The summed E-state index contributed by atoms with van der Waals surface area (Å²) in [7, 11) is 0. The summed E-state index contributed by atoms with van der Waals surface area (Å²) >= 11 is 5.37. The number of allylic oxidation sites excluding steroid dienone is 6. The average Bonchev–Trinajstić information content (AvgIpc) is 1.61. The monoisotopic (exact) mass is 2270 g/mol. The molecule has 7 aromatic carbocycles. The van der Waals surface area contributed by atoms with Gasteiger partial charge in [0.05, 0.1) is 17.3 Å². The van der Waals surface area contributed by atoms with E-state index in [1.807, 2.05) is 143 Å². The minimum atomic E-state index is -0.214. The molecule has 16 heteroatoms. The first-order valence-corrected chi connectivity index (χ1v) is 46.1. The SMILES string of the molecule is CCC(CC)C(=O)C=C(O)C(CC)CC.CCC(CC)C(=O)C=C(O)C(CC)CC.CCC(CC)C(=O)C=C(O)C(CC)CC.Cc1[c-]c(-c2cc3sc(-c4ccc(F)cc4)cc3cn2)cc(C)c1.Cc1[c-]c(-c2cc3sc(-c4ccccc4)c(-c4ccccc4)c3cn2)cc(C)c1.Cc1[c-]c(-c2cc3sc(-c4ccccc4)c(C)c3cn2)cc(C)c1.[Ir].[Ir].[Ir]. The van der Waals surface area contributed by atoms with Crippen molar-refractivity contribution in [1.29, 1.82) is 0 Å². The molecule has 13 rings (SSSR count). The van der Waals surface area contributed by atoms with E-state index in [9.17, 15) is 34.1 Å². The molecule has 13 aromatic rings. The third kappa shape index (κ3) is 30.5. The number of aliphatic hydroxyl groups excluding tert-OH is 3. The first-order valence-electron chi connectivity index (χ1n) is 43.7. The van der Waals surface area contributed by atoms with Crippen LogP contribution in [-0.4, -0.2) is 47.6 Å². The number of carbonyl (C=O) groups is 3. The topological polar surface area (TPSA) is 151 Å². The molecule has 9 nitrogen and oxygen atoms in total. The quantitative estimate of drug-likeness (QED) is 0.0247. The van der Waals surface area contributed by atoms with Crippen molar-refractivity contribution < 1.29 is 94.4 Å². The van der Waals surface area contributed by atoms with Gasteiger partial charge in [-0.05, 0) is 147 Å². The minimum Gasteiger partial charge on any atom is -0.512 e. The molecule has 0 saturated carbocycles. The van der Waals surface area contributed by atoms with Gasteiger partial charge >= 0.3 is 0 Å². The summed E-state index contributed by atoms with van der Waals surface area (Å²) in [5.41, 5.74) is 20.5. The van der Waals surface area contributed by atoms with E-state index in [0.29, 0.717) is 0 Å². The number of carbonyl (C=O) groups excluding carboxylic acids is 3. The van der Waals surface area contributed by atoms with Crippen LogP contribution in [0.4, 0.5) is 4.39 Å². The predicted molar refractivity (Wildman–Crippen MR) is 518 cm³/mol. The molecule has 0 saturated heterocycles. The zero-order valence-corrected chi connectivity index (χ0v) is 85.8. The van der Waals surface area contributed by atoms with E-state index >= 15 is 0 Å². The number of hydrogen-bond acceptors (Lipinski definition) is 12. The van der Waals surface area contributed by atoms with E-state index in [-0.39, 0.29) is 136 Å². The number of ketones is 3. The van der Waals surface area contributed by atoms with Gasteiger partial charge in [0, 0.05) is 183 Å². The summed E-state index contributed by atoms with van der Waals surface area (Å²) in [6.07, 6.45) is 20.7. The number of rotatable bonds is 28. The number of benzene rings is 7. The van der Waals surface area contributed by atoms with Crippen molar-refractivity contribution in [2.24, 2.45) is 35.5 Å². The Morgan fingerprint density at radius 3 is 1.02 bits per heavy atom. The normalized spacial score (nSPS) is 11.4. The van der Waals surface area contributed by atoms with Gasteiger partial charge in [-0.1, -0.05) is 246 Å². The van der Waals surface area contributed by atoms with Crippen LogP contribution in [0.25, 0.3) is 106 Å². The molecular weight excluding hydrogens is 2140 g/mol. The Bertz CT molecular complexity index is 5460. The maximum absolute atomic E-state index is 13.1. The van der Waals surface area contributed by atoms with E-state index in [2.05, 4.69) is 216 Å². The fourth-order valence-corrected chi connectivity index (χ4v) is 18.8. The zero-order valence-electron chi connectivity index (χ0n) is 76.2. The van der Waals surface area contributed by atoms with E-state index in [1.165, 1.54) is 109 Å². The molecular formula is C109H125FIr3N3O6S3-3. The smallest absolute Gasteiger partial charge is 0.162 e. The molecule has 667 valence electrons. The Balaban J connectivity index is 0.000000271.